The van der Waals surface area contributed by atoms with Crippen LogP contribution in [-0.2, 0) is 6.54 Å². The molecule has 21 heavy (non-hydrogen) atoms. The molecule has 1 fully saturated rings. The van der Waals surface area contributed by atoms with Gasteiger partial charge in [0.05, 0.1) is 16.7 Å². The number of nitrogens with two attached hydrogens (primary N) is 1. The van der Waals surface area contributed by atoms with Crippen LogP contribution in [0, 0.1) is 0 Å². The fourth-order valence-corrected chi connectivity index (χ4v) is 3.99. The van der Waals surface area contributed by atoms with E-state index < -0.39 is 0 Å². The first kappa shape index (κ1) is 14.9. The van der Waals surface area contributed by atoms with Gasteiger partial charge in [-0.05, 0) is 6.42 Å². The van der Waals surface area contributed by atoms with Gasteiger partial charge >= 0.3 is 0 Å². The van der Waals surface area contributed by atoms with Crippen LogP contribution in [0.2, 0.25) is 0 Å². The van der Waals surface area contributed by atoms with E-state index in [1.807, 2.05) is 0 Å². The minimum atomic E-state index is 0.250. The van der Waals surface area contributed by atoms with Crippen molar-refractivity contribution < 1.29 is 0 Å². The van der Waals surface area contributed by atoms with Crippen LogP contribution in [0.1, 0.15) is 19.0 Å². The predicted octanol–water partition coefficient (Wildman–Crippen LogP) is 1.58. The number of imidazole rings is 1. The van der Waals surface area contributed by atoms with E-state index in [9.17, 15) is 0 Å². The van der Waals surface area contributed by atoms with E-state index in [0.717, 1.165) is 49.8 Å². The van der Waals surface area contributed by atoms with Gasteiger partial charge in [-0.15, -0.1) is 11.3 Å². The van der Waals surface area contributed by atoms with Crippen molar-refractivity contribution in [1.82, 2.24) is 19.2 Å². The molecule has 0 amide bonds. The number of thiocarbonyl (C=S) groups is 1. The van der Waals surface area contributed by atoms with Crippen LogP contribution in [0.15, 0.2) is 17.8 Å². The molecule has 3 heterocycles. The number of hydrogen-bond donors (Lipinski definition) is 1. The second kappa shape index (κ2) is 6.39. The first-order valence-corrected chi connectivity index (χ1v) is 8.63. The van der Waals surface area contributed by atoms with Gasteiger partial charge in [0.25, 0.3) is 0 Å². The summed E-state index contributed by atoms with van der Waals surface area (Å²) in [7, 11) is 0. The lowest BCUT2D eigenvalue weighted by atomic mass is 10.1. The average molecular weight is 323 g/mol. The highest BCUT2D eigenvalue weighted by Gasteiger charge is 2.24. The average Bonchev–Trinajstić information content (AvgIpc) is 3.02. The van der Waals surface area contributed by atoms with Gasteiger partial charge in [0, 0.05) is 50.5 Å². The summed E-state index contributed by atoms with van der Waals surface area (Å²) < 4.78 is 2.09. The van der Waals surface area contributed by atoms with E-state index in [2.05, 4.69) is 43.9 Å². The van der Waals surface area contributed by atoms with E-state index in [-0.39, 0.29) is 6.04 Å². The summed E-state index contributed by atoms with van der Waals surface area (Å²) in [4.78, 5) is 11.2. The van der Waals surface area contributed by atoms with Crippen molar-refractivity contribution in [2.75, 3.05) is 26.2 Å². The Labute approximate surface area is 134 Å². The lowest BCUT2D eigenvalue weighted by molar-refractivity contribution is 0.111. The molecule has 0 bridgehead atoms. The Morgan fingerprint density at radius 1 is 1.43 bits per heavy atom. The molecule has 1 aliphatic rings. The summed E-state index contributed by atoms with van der Waals surface area (Å²) >= 11 is 6.85. The number of fused-ring (bicyclic) bond motifs is 1. The normalized spacial score (nSPS) is 19.1. The maximum absolute atomic E-state index is 5.83. The number of hydrogen-bond acceptors (Lipinski definition) is 5. The SMILES string of the molecule is CCC(C(N)=S)N1CCN(Cc2cn3ccsc3n2)CC1. The molecule has 0 saturated carbocycles. The van der Waals surface area contributed by atoms with Crippen molar-refractivity contribution in [3.05, 3.63) is 23.5 Å². The maximum Gasteiger partial charge on any atom is 0.193 e. The van der Waals surface area contributed by atoms with Crippen LogP contribution in [0.5, 0.6) is 0 Å². The number of nitrogens with zero attached hydrogens (tertiary/aromatic N) is 4. The molecule has 2 aromatic heterocycles. The molecule has 5 nitrogen and oxygen atoms in total. The molecule has 2 aromatic rings. The molecule has 1 aliphatic heterocycles. The van der Waals surface area contributed by atoms with Crippen molar-refractivity contribution in [2.45, 2.75) is 25.9 Å². The molecule has 0 spiro atoms. The fourth-order valence-electron chi connectivity index (χ4n) is 2.95. The van der Waals surface area contributed by atoms with Crippen LogP contribution >= 0.6 is 23.6 Å². The van der Waals surface area contributed by atoms with Gasteiger partial charge in [0.1, 0.15) is 0 Å². The minimum absolute atomic E-state index is 0.250. The standard InChI is InChI=1S/C14H21N5S2/c1-2-12(13(15)20)18-5-3-17(4-6-18)9-11-10-19-7-8-21-14(19)16-11/h7-8,10,12H,2-6,9H2,1H3,(H2,15,20). The Morgan fingerprint density at radius 2 is 2.19 bits per heavy atom. The Balaban J connectivity index is 1.56. The van der Waals surface area contributed by atoms with Crippen molar-refractivity contribution >= 4 is 33.5 Å². The van der Waals surface area contributed by atoms with Crippen LogP contribution in [0.4, 0.5) is 0 Å². The van der Waals surface area contributed by atoms with Gasteiger partial charge < -0.3 is 5.73 Å². The van der Waals surface area contributed by atoms with Crippen LogP contribution in [0.25, 0.3) is 4.96 Å². The smallest absolute Gasteiger partial charge is 0.193 e. The molecule has 1 atom stereocenters. The summed E-state index contributed by atoms with van der Waals surface area (Å²) in [6, 6.07) is 0.250. The van der Waals surface area contributed by atoms with E-state index >= 15 is 0 Å². The Morgan fingerprint density at radius 3 is 2.81 bits per heavy atom. The first-order chi connectivity index (χ1) is 10.2. The second-order valence-electron chi connectivity index (χ2n) is 5.46. The van der Waals surface area contributed by atoms with Crippen LogP contribution in [0.3, 0.4) is 0 Å². The molecule has 7 heteroatoms. The third-order valence-corrected chi connectivity index (χ3v) is 5.13. The Hall–Kier alpha value is -1.02. The zero-order chi connectivity index (χ0) is 14.8. The van der Waals surface area contributed by atoms with E-state index in [1.54, 1.807) is 11.3 Å². The van der Waals surface area contributed by atoms with Crippen molar-refractivity contribution in [3.8, 4) is 0 Å². The molecular weight excluding hydrogens is 302 g/mol. The molecule has 1 saturated heterocycles. The van der Waals surface area contributed by atoms with Gasteiger partial charge in [-0.25, -0.2) is 4.98 Å². The third kappa shape index (κ3) is 3.26. The molecule has 1 unspecified atom stereocenters. The first-order valence-electron chi connectivity index (χ1n) is 7.34. The lowest BCUT2D eigenvalue weighted by Crippen LogP contribution is -2.53. The monoisotopic (exact) mass is 323 g/mol. The highest BCUT2D eigenvalue weighted by Crippen LogP contribution is 2.15. The second-order valence-corrected chi connectivity index (χ2v) is 6.81. The Kier molecular flexibility index (Phi) is 4.54. The van der Waals surface area contributed by atoms with Crippen molar-refractivity contribution in [1.29, 1.82) is 0 Å². The number of piperazine rings is 1. The van der Waals surface area contributed by atoms with Gasteiger partial charge in [-0.2, -0.15) is 0 Å². The van der Waals surface area contributed by atoms with Gasteiger partial charge in [0.15, 0.2) is 4.96 Å². The van der Waals surface area contributed by atoms with Crippen molar-refractivity contribution in [3.63, 3.8) is 0 Å². The van der Waals surface area contributed by atoms with Crippen LogP contribution in [-0.4, -0.2) is 56.4 Å². The topological polar surface area (TPSA) is 49.8 Å². The summed E-state index contributed by atoms with van der Waals surface area (Å²) in [5.74, 6) is 0. The largest absolute Gasteiger partial charge is 0.392 e. The van der Waals surface area contributed by atoms with E-state index in [4.69, 9.17) is 18.0 Å². The molecule has 0 radical (unpaired) electrons. The van der Waals surface area contributed by atoms with E-state index in [1.165, 1.54) is 0 Å². The molecule has 3 rings (SSSR count). The maximum atomic E-state index is 5.83. The quantitative estimate of drug-likeness (QED) is 0.847. The highest BCUT2D eigenvalue weighted by atomic mass is 32.1. The van der Waals surface area contributed by atoms with Crippen LogP contribution < -0.4 is 5.73 Å². The lowest BCUT2D eigenvalue weighted by Gasteiger charge is -2.38. The van der Waals surface area contributed by atoms with Crippen molar-refractivity contribution in [2.24, 2.45) is 5.73 Å². The summed E-state index contributed by atoms with van der Waals surface area (Å²) in [5.41, 5.74) is 6.98. The molecule has 0 aromatic carbocycles. The zero-order valence-electron chi connectivity index (χ0n) is 12.2. The Bertz CT molecular complexity index is 583. The zero-order valence-corrected chi connectivity index (χ0v) is 13.9. The summed E-state index contributed by atoms with van der Waals surface area (Å²) in [6.45, 7) is 7.21. The molecular formula is C14H21N5S2. The highest BCUT2D eigenvalue weighted by molar-refractivity contribution is 7.80. The van der Waals surface area contributed by atoms with E-state index in [0.29, 0.717) is 4.99 Å². The summed E-state index contributed by atoms with van der Waals surface area (Å²) in [6.07, 6.45) is 5.18. The molecule has 0 aliphatic carbocycles. The molecule has 114 valence electrons. The number of rotatable bonds is 5. The van der Waals surface area contributed by atoms with Gasteiger partial charge in [-0.3, -0.25) is 14.2 Å². The van der Waals surface area contributed by atoms with Gasteiger partial charge in [-0.1, -0.05) is 19.1 Å². The third-order valence-electron chi connectivity index (χ3n) is 4.09. The number of aromatic nitrogens is 2. The van der Waals surface area contributed by atoms with Gasteiger partial charge in [0.2, 0.25) is 0 Å². The molecule has 2 N–H and O–H groups in total. The minimum Gasteiger partial charge on any atom is -0.392 e. The predicted molar refractivity (Wildman–Crippen MR) is 90.8 cm³/mol. The fraction of sp³-hybridized carbons (Fsp3) is 0.571. The number of thiazole rings is 1. The summed E-state index contributed by atoms with van der Waals surface area (Å²) in [5, 5.41) is 2.06.